The van der Waals surface area contributed by atoms with Crippen molar-refractivity contribution in [3.63, 3.8) is 0 Å². The lowest BCUT2D eigenvalue weighted by molar-refractivity contribution is -0.299. The summed E-state index contributed by atoms with van der Waals surface area (Å²) in [4.78, 5) is 34.1. The molecule has 1 rings (SSSR count). The van der Waals surface area contributed by atoms with Crippen molar-refractivity contribution in [3.8, 4) is 0 Å². The fourth-order valence-corrected chi connectivity index (χ4v) is 2.45. The summed E-state index contributed by atoms with van der Waals surface area (Å²) in [5.74, 6) is -1.76. The Hall–Kier alpha value is -1.19. The molecule has 23 heavy (non-hydrogen) atoms. The maximum absolute atomic E-state index is 11.4. The minimum Gasteiger partial charge on any atom is -0.456 e. The quantitative estimate of drug-likeness (QED) is 0.371. The van der Waals surface area contributed by atoms with Crippen LogP contribution < -0.4 is 0 Å². The van der Waals surface area contributed by atoms with Gasteiger partial charge in [0.15, 0.2) is 24.6 Å². The summed E-state index contributed by atoms with van der Waals surface area (Å²) in [7, 11) is 0. The number of hydrogen-bond acceptors (Lipinski definition) is 8. The first kappa shape index (κ1) is 19.9. The summed E-state index contributed by atoms with van der Waals surface area (Å²) in [6, 6.07) is 0. The van der Waals surface area contributed by atoms with Crippen LogP contribution in [0.1, 0.15) is 27.7 Å². The highest BCUT2D eigenvalue weighted by atomic mass is 79.9. The van der Waals surface area contributed by atoms with Crippen LogP contribution in [-0.4, -0.2) is 60.6 Å². The van der Waals surface area contributed by atoms with Crippen LogP contribution >= 0.6 is 15.9 Å². The van der Waals surface area contributed by atoms with Gasteiger partial charge in [0, 0.05) is 26.1 Å². The van der Waals surface area contributed by atoms with E-state index in [2.05, 4.69) is 15.9 Å². The van der Waals surface area contributed by atoms with Crippen molar-refractivity contribution in [1.29, 1.82) is 0 Å². The molecule has 0 bridgehead atoms. The third-order valence-electron chi connectivity index (χ3n) is 2.99. The third-order valence-corrected chi connectivity index (χ3v) is 3.32. The number of halogens is 1. The Balaban J connectivity index is 3.08. The van der Waals surface area contributed by atoms with E-state index in [9.17, 15) is 14.4 Å². The second kappa shape index (κ2) is 9.19. The molecule has 0 amide bonds. The molecule has 1 saturated heterocycles. The van der Waals surface area contributed by atoms with Crippen molar-refractivity contribution < 1.29 is 38.1 Å². The van der Waals surface area contributed by atoms with E-state index in [1.165, 1.54) is 20.8 Å². The van der Waals surface area contributed by atoms with Crippen LogP contribution in [0.4, 0.5) is 0 Å². The number of alkyl halides is 1. The SMILES string of the molecule is CC(=O)O[C@@H]1[C@@H](OC(C)=O)[C@H](C)O[C@@H](OCCBr)[C@@H]1OC(C)=O. The number of rotatable bonds is 6. The minimum atomic E-state index is -1.05. The topological polar surface area (TPSA) is 97.4 Å². The van der Waals surface area contributed by atoms with Crippen LogP contribution in [0, 0.1) is 0 Å². The van der Waals surface area contributed by atoms with Crippen molar-refractivity contribution in [2.75, 3.05) is 11.9 Å². The van der Waals surface area contributed by atoms with Crippen molar-refractivity contribution in [3.05, 3.63) is 0 Å². The zero-order chi connectivity index (χ0) is 17.6. The van der Waals surface area contributed by atoms with Gasteiger partial charge in [0.2, 0.25) is 0 Å². The van der Waals surface area contributed by atoms with Crippen LogP contribution in [0.15, 0.2) is 0 Å². The fraction of sp³-hybridized carbons (Fsp3) is 0.786. The normalized spacial score (nSPS) is 30.4. The summed E-state index contributed by atoms with van der Waals surface area (Å²) in [5, 5.41) is 0.541. The highest BCUT2D eigenvalue weighted by molar-refractivity contribution is 9.09. The van der Waals surface area contributed by atoms with E-state index in [1.807, 2.05) is 0 Å². The molecule has 0 aromatic heterocycles. The number of hydrogen-bond donors (Lipinski definition) is 0. The lowest BCUT2D eigenvalue weighted by Gasteiger charge is -2.43. The van der Waals surface area contributed by atoms with Gasteiger partial charge in [-0.2, -0.15) is 0 Å². The van der Waals surface area contributed by atoms with Gasteiger partial charge in [-0.05, 0) is 6.92 Å². The van der Waals surface area contributed by atoms with Crippen molar-refractivity contribution in [2.24, 2.45) is 0 Å². The van der Waals surface area contributed by atoms with E-state index in [0.29, 0.717) is 11.9 Å². The van der Waals surface area contributed by atoms with E-state index in [0.717, 1.165) is 0 Å². The smallest absolute Gasteiger partial charge is 0.303 e. The minimum absolute atomic E-state index is 0.292. The van der Waals surface area contributed by atoms with Crippen molar-refractivity contribution in [2.45, 2.75) is 58.4 Å². The monoisotopic (exact) mass is 396 g/mol. The largest absolute Gasteiger partial charge is 0.456 e. The molecule has 0 saturated carbocycles. The standard InChI is InChI=1S/C14H21BrO8/c1-7-11(21-8(2)16)12(22-9(3)17)13(23-10(4)18)14(20-7)19-6-5-15/h7,11-14H,5-6H2,1-4H3/t7-,11-,12+,13+,14+/m0/s1. The van der Waals surface area contributed by atoms with Crippen LogP contribution in [0.2, 0.25) is 0 Å². The Bertz CT molecular complexity index is 440. The fourth-order valence-electron chi connectivity index (χ4n) is 2.26. The summed E-state index contributed by atoms with van der Waals surface area (Å²) in [6.07, 6.45) is -4.54. The summed E-state index contributed by atoms with van der Waals surface area (Å²) in [5.41, 5.74) is 0. The van der Waals surface area contributed by atoms with Gasteiger partial charge in [0.05, 0.1) is 12.7 Å². The lowest BCUT2D eigenvalue weighted by Crippen LogP contribution is -2.61. The van der Waals surface area contributed by atoms with Gasteiger partial charge >= 0.3 is 17.9 Å². The molecule has 1 aliphatic heterocycles. The van der Waals surface area contributed by atoms with Crippen LogP contribution in [0.5, 0.6) is 0 Å². The molecule has 5 atom stereocenters. The molecule has 9 heteroatoms. The van der Waals surface area contributed by atoms with E-state index in [-0.39, 0.29) is 0 Å². The van der Waals surface area contributed by atoms with Gasteiger partial charge in [-0.3, -0.25) is 14.4 Å². The second-order valence-electron chi connectivity index (χ2n) is 4.99. The molecule has 8 nitrogen and oxygen atoms in total. The number of carbonyl (C=O) groups is 3. The van der Waals surface area contributed by atoms with Gasteiger partial charge in [0.1, 0.15) is 0 Å². The Kier molecular flexibility index (Phi) is 7.93. The molecule has 0 aromatic rings. The molecule has 0 spiro atoms. The number of esters is 3. The molecule has 132 valence electrons. The maximum atomic E-state index is 11.4. The Morgan fingerprint density at radius 1 is 0.913 bits per heavy atom. The first-order valence-electron chi connectivity index (χ1n) is 7.11. The third kappa shape index (κ3) is 6.08. The van der Waals surface area contributed by atoms with Crippen LogP contribution in [0.3, 0.4) is 0 Å². The van der Waals surface area contributed by atoms with E-state index in [4.69, 9.17) is 23.7 Å². The first-order chi connectivity index (χ1) is 10.8. The molecule has 0 radical (unpaired) electrons. The number of ether oxygens (including phenoxy) is 5. The summed E-state index contributed by atoms with van der Waals surface area (Å²) in [6.45, 7) is 5.60. The van der Waals surface area contributed by atoms with Gasteiger partial charge in [0.25, 0.3) is 0 Å². The van der Waals surface area contributed by atoms with Gasteiger partial charge in [-0.25, -0.2) is 0 Å². The molecule has 0 aromatic carbocycles. The lowest BCUT2D eigenvalue weighted by atomic mass is 9.99. The van der Waals surface area contributed by atoms with Crippen molar-refractivity contribution >= 4 is 33.8 Å². The molecular formula is C14H21BrO8. The Labute approximate surface area is 142 Å². The van der Waals surface area contributed by atoms with E-state index in [1.54, 1.807) is 6.92 Å². The maximum Gasteiger partial charge on any atom is 0.303 e. The highest BCUT2D eigenvalue weighted by Crippen LogP contribution is 2.29. The predicted octanol–water partition coefficient (Wildman–Crippen LogP) is 0.938. The van der Waals surface area contributed by atoms with E-state index < -0.39 is 48.6 Å². The number of carbonyl (C=O) groups excluding carboxylic acids is 3. The summed E-state index contributed by atoms with van der Waals surface area (Å²) >= 11 is 3.22. The van der Waals surface area contributed by atoms with Crippen LogP contribution in [0.25, 0.3) is 0 Å². The summed E-state index contributed by atoms with van der Waals surface area (Å²) < 4.78 is 26.8. The zero-order valence-corrected chi connectivity index (χ0v) is 15.0. The average Bonchev–Trinajstić information content (AvgIpc) is 2.42. The van der Waals surface area contributed by atoms with Crippen LogP contribution in [-0.2, 0) is 38.1 Å². The molecule has 0 N–H and O–H groups in total. The molecule has 1 heterocycles. The van der Waals surface area contributed by atoms with Gasteiger partial charge in [-0.1, -0.05) is 15.9 Å². The molecule has 1 fully saturated rings. The van der Waals surface area contributed by atoms with Gasteiger partial charge in [-0.15, -0.1) is 0 Å². The molecule has 0 aliphatic carbocycles. The molecule has 1 aliphatic rings. The van der Waals surface area contributed by atoms with Gasteiger partial charge < -0.3 is 23.7 Å². The first-order valence-corrected chi connectivity index (χ1v) is 8.23. The predicted molar refractivity (Wildman–Crippen MR) is 80.7 cm³/mol. The highest BCUT2D eigenvalue weighted by Gasteiger charge is 2.50. The molecule has 0 unspecified atom stereocenters. The Morgan fingerprint density at radius 3 is 1.87 bits per heavy atom. The second-order valence-corrected chi connectivity index (χ2v) is 5.78. The molecular weight excluding hydrogens is 376 g/mol. The Morgan fingerprint density at radius 2 is 1.39 bits per heavy atom. The van der Waals surface area contributed by atoms with E-state index >= 15 is 0 Å². The average molecular weight is 397 g/mol. The van der Waals surface area contributed by atoms with Crippen molar-refractivity contribution in [1.82, 2.24) is 0 Å². The zero-order valence-electron chi connectivity index (χ0n) is 13.4.